The first-order valence-electron chi connectivity index (χ1n) is 4.51. The number of morpholine rings is 1. The molecule has 12 heavy (non-hydrogen) atoms. The van der Waals surface area contributed by atoms with E-state index in [9.17, 15) is 4.79 Å². The highest BCUT2D eigenvalue weighted by Gasteiger charge is 2.22. The molecule has 0 unspecified atom stereocenters. The maximum Gasteiger partial charge on any atom is 0.139 e. The normalized spacial score (nSPS) is 26.1. The summed E-state index contributed by atoms with van der Waals surface area (Å²) in [4.78, 5) is 12.8. The zero-order chi connectivity index (χ0) is 8.97. The summed E-state index contributed by atoms with van der Waals surface area (Å²) in [5, 5.41) is 0. The predicted molar refractivity (Wildman–Crippen MR) is 47.1 cm³/mol. The molecule has 1 atom stereocenters. The topological polar surface area (TPSA) is 29.5 Å². The van der Waals surface area contributed by atoms with Crippen LogP contribution in [0, 0.1) is 5.92 Å². The van der Waals surface area contributed by atoms with Gasteiger partial charge in [0.1, 0.15) is 6.29 Å². The maximum absolute atomic E-state index is 10.6. The van der Waals surface area contributed by atoms with Gasteiger partial charge in [-0.3, -0.25) is 4.90 Å². The first-order valence-corrected chi connectivity index (χ1v) is 4.51. The average molecular weight is 171 g/mol. The summed E-state index contributed by atoms with van der Waals surface area (Å²) in [6.07, 6.45) is 0.988. The number of carbonyl (C=O) groups is 1. The number of nitrogens with zero attached hydrogens (tertiary/aromatic N) is 1. The van der Waals surface area contributed by atoms with Gasteiger partial charge < -0.3 is 9.53 Å². The lowest BCUT2D eigenvalue weighted by atomic mass is 10.1. The Bertz CT molecular complexity index is 147. The average Bonchev–Trinajstić information content (AvgIpc) is 2.04. The summed E-state index contributed by atoms with van der Waals surface area (Å²) in [5.41, 5.74) is 0. The van der Waals surface area contributed by atoms with Crippen molar-refractivity contribution in [2.45, 2.75) is 19.9 Å². The first kappa shape index (κ1) is 9.68. The Morgan fingerprint density at radius 2 is 2.42 bits per heavy atom. The molecule has 0 N–H and O–H groups in total. The summed E-state index contributed by atoms with van der Waals surface area (Å²) in [6.45, 7) is 7.54. The van der Waals surface area contributed by atoms with Crippen molar-refractivity contribution in [3.05, 3.63) is 0 Å². The largest absolute Gasteiger partial charge is 0.378 e. The number of aldehydes is 1. The van der Waals surface area contributed by atoms with E-state index in [0.29, 0.717) is 12.5 Å². The summed E-state index contributed by atoms with van der Waals surface area (Å²) in [6, 6.07) is -0.0128. The zero-order valence-corrected chi connectivity index (χ0v) is 7.82. The number of hydrogen-bond acceptors (Lipinski definition) is 3. The predicted octanol–water partition coefficient (Wildman–Crippen LogP) is 0.542. The third kappa shape index (κ3) is 2.57. The Hall–Kier alpha value is -0.410. The molecule has 1 saturated heterocycles. The van der Waals surface area contributed by atoms with Crippen LogP contribution >= 0.6 is 0 Å². The molecule has 0 spiro atoms. The molecular formula is C9H17NO2. The van der Waals surface area contributed by atoms with Crippen molar-refractivity contribution >= 4 is 6.29 Å². The molecule has 3 heteroatoms. The smallest absolute Gasteiger partial charge is 0.139 e. The molecule has 0 aliphatic carbocycles. The first-order chi connectivity index (χ1) is 5.74. The molecule has 1 aliphatic heterocycles. The number of carbonyl (C=O) groups excluding carboxylic acids is 1. The fraction of sp³-hybridized carbons (Fsp3) is 0.889. The van der Waals surface area contributed by atoms with Gasteiger partial charge in [0.15, 0.2) is 0 Å². The second kappa shape index (κ2) is 4.58. The highest BCUT2D eigenvalue weighted by Crippen LogP contribution is 2.07. The van der Waals surface area contributed by atoms with Crippen molar-refractivity contribution in [1.29, 1.82) is 0 Å². The Kier molecular flexibility index (Phi) is 3.69. The number of rotatable bonds is 3. The van der Waals surface area contributed by atoms with Crippen molar-refractivity contribution in [2.24, 2.45) is 5.92 Å². The molecule has 0 bridgehead atoms. The Morgan fingerprint density at radius 1 is 1.67 bits per heavy atom. The molecule has 1 heterocycles. The number of hydrogen-bond donors (Lipinski definition) is 0. The van der Waals surface area contributed by atoms with Crippen molar-refractivity contribution in [3.63, 3.8) is 0 Å². The monoisotopic (exact) mass is 171 g/mol. The van der Waals surface area contributed by atoms with E-state index in [1.54, 1.807) is 0 Å². The minimum Gasteiger partial charge on any atom is -0.378 e. The van der Waals surface area contributed by atoms with Crippen LogP contribution in [0.3, 0.4) is 0 Å². The minimum atomic E-state index is -0.0128. The van der Waals surface area contributed by atoms with Crippen LogP contribution in [-0.4, -0.2) is 43.5 Å². The van der Waals surface area contributed by atoms with Gasteiger partial charge in [0.05, 0.1) is 19.3 Å². The Labute approximate surface area is 73.7 Å². The van der Waals surface area contributed by atoms with Crippen LogP contribution in [0.5, 0.6) is 0 Å². The third-order valence-corrected chi connectivity index (χ3v) is 2.04. The van der Waals surface area contributed by atoms with Gasteiger partial charge >= 0.3 is 0 Å². The summed E-state index contributed by atoms with van der Waals surface area (Å²) in [5.74, 6) is 0.616. The summed E-state index contributed by atoms with van der Waals surface area (Å²) < 4.78 is 5.21. The lowest BCUT2D eigenvalue weighted by molar-refractivity contribution is -0.118. The van der Waals surface area contributed by atoms with E-state index in [1.165, 1.54) is 0 Å². The van der Waals surface area contributed by atoms with Gasteiger partial charge in [0, 0.05) is 13.1 Å². The van der Waals surface area contributed by atoms with Gasteiger partial charge in [-0.2, -0.15) is 0 Å². The molecule has 0 amide bonds. The summed E-state index contributed by atoms with van der Waals surface area (Å²) >= 11 is 0. The van der Waals surface area contributed by atoms with Crippen LogP contribution in [0.1, 0.15) is 13.8 Å². The third-order valence-electron chi connectivity index (χ3n) is 2.04. The van der Waals surface area contributed by atoms with Gasteiger partial charge in [0.2, 0.25) is 0 Å². The van der Waals surface area contributed by atoms with Crippen LogP contribution in [0.25, 0.3) is 0 Å². The van der Waals surface area contributed by atoms with E-state index in [0.717, 1.165) is 26.0 Å². The molecular weight excluding hydrogens is 154 g/mol. The van der Waals surface area contributed by atoms with Crippen LogP contribution in [0.4, 0.5) is 0 Å². The maximum atomic E-state index is 10.6. The molecule has 0 aromatic rings. The SMILES string of the molecule is CC(C)CN1CCOC[C@@H]1C=O. The van der Waals surface area contributed by atoms with E-state index >= 15 is 0 Å². The molecule has 1 rings (SSSR count). The van der Waals surface area contributed by atoms with Crippen LogP contribution in [-0.2, 0) is 9.53 Å². The highest BCUT2D eigenvalue weighted by atomic mass is 16.5. The summed E-state index contributed by atoms with van der Waals surface area (Å²) in [7, 11) is 0. The van der Waals surface area contributed by atoms with Gasteiger partial charge in [0.25, 0.3) is 0 Å². The van der Waals surface area contributed by atoms with Crippen molar-refractivity contribution in [3.8, 4) is 0 Å². The quantitative estimate of drug-likeness (QED) is 0.580. The van der Waals surface area contributed by atoms with Crippen molar-refractivity contribution in [2.75, 3.05) is 26.3 Å². The van der Waals surface area contributed by atoms with Gasteiger partial charge in [-0.1, -0.05) is 13.8 Å². The van der Waals surface area contributed by atoms with Gasteiger partial charge in [-0.05, 0) is 5.92 Å². The Balaban J connectivity index is 2.41. The van der Waals surface area contributed by atoms with Crippen molar-refractivity contribution < 1.29 is 9.53 Å². The lowest BCUT2D eigenvalue weighted by Gasteiger charge is -2.33. The van der Waals surface area contributed by atoms with Crippen LogP contribution in [0.15, 0.2) is 0 Å². The minimum absolute atomic E-state index is 0.0128. The van der Waals surface area contributed by atoms with E-state index in [1.807, 2.05) is 0 Å². The second-order valence-corrected chi connectivity index (χ2v) is 3.67. The van der Waals surface area contributed by atoms with Crippen LogP contribution < -0.4 is 0 Å². The molecule has 1 fully saturated rings. The molecule has 1 aliphatic rings. The molecule has 0 aromatic heterocycles. The van der Waals surface area contributed by atoms with E-state index in [2.05, 4.69) is 18.7 Å². The Morgan fingerprint density at radius 3 is 3.00 bits per heavy atom. The van der Waals surface area contributed by atoms with E-state index in [4.69, 9.17) is 4.74 Å². The second-order valence-electron chi connectivity index (χ2n) is 3.67. The van der Waals surface area contributed by atoms with Crippen molar-refractivity contribution in [1.82, 2.24) is 4.90 Å². The van der Waals surface area contributed by atoms with Gasteiger partial charge in [-0.25, -0.2) is 0 Å². The fourth-order valence-electron chi connectivity index (χ4n) is 1.48. The number of ether oxygens (including phenoxy) is 1. The van der Waals surface area contributed by atoms with E-state index in [-0.39, 0.29) is 6.04 Å². The lowest BCUT2D eigenvalue weighted by Crippen LogP contribution is -2.47. The standard InChI is InChI=1S/C9H17NO2/c1-8(2)5-10-3-4-12-7-9(10)6-11/h6,8-9H,3-5,7H2,1-2H3/t9-/m0/s1. The molecule has 0 aromatic carbocycles. The van der Waals surface area contributed by atoms with E-state index < -0.39 is 0 Å². The molecule has 70 valence electrons. The molecule has 0 radical (unpaired) electrons. The van der Waals surface area contributed by atoms with Gasteiger partial charge in [-0.15, -0.1) is 0 Å². The molecule has 0 saturated carbocycles. The fourth-order valence-corrected chi connectivity index (χ4v) is 1.48. The molecule has 3 nitrogen and oxygen atoms in total. The zero-order valence-electron chi connectivity index (χ0n) is 7.82. The van der Waals surface area contributed by atoms with Crippen LogP contribution in [0.2, 0.25) is 0 Å². The highest BCUT2D eigenvalue weighted by molar-refractivity contribution is 5.57.